The Labute approximate surface area is 111 Å². The molecular weight excluding hydrogens is 245 g/mol. The highest BCUT2D eigenvalue weighted by Crippen LogP contribution is 2.27. The second-order valence-electron chi connectivity index (χ2n) is 4.03. The monoisotopic (exact) mass is 261 g/mol. The van der Waals surface area contributed by atoms with Crippen LogP contribution in [0.1, 0.15) is 6.92 Å². The summed E-state index contributed by atoms with van der Waals surface area (Å²) >= 11 is 0. The van der Waals surface area contributed by atoms with Crippen LogP contribution in [0.15, 0.2) is 36.4 Å². The largest absolute Gasteiger partial charge is 0.476 e. The number of rotatable bonds is 4. The van der Waals surface area contributed by atoms with Gasteiger partial charge in [-0.25, -0.2) is 4.39 Å². The van der Waals surface area contributed by atoms with Crippen LogP contribution in [0, 0.1) is 5.82 Å². The van der Waals surface area contributed by atoms with Crippen LogP contribution in [0.2, 0.25) is 0 Å². The van der Waals surface area contributed by atoms with Gasteiger partial charge in [0.05, 0.1) is 12.3 Å². The van der Waals surface area contributed by atoms with Crippen LogP contribution >= 0.6 is 0 Å². The van der Waals surface area contributed by atoms with Gasteiger partial charge in [0.1, 0.15) is 11.6 Å². The van der Waals surface area contributed by atoms with Crippen molar-refractivity contribution < 1.29 is 9.13 Å². The third-order valence-electron chi connectivity index (χ3n) is 2.71. The van der Waals surface area contributed by atoms with Gasteiger partial charge in [0, 0.05) is 12.7 Å². The lowest BCUT2D eigenvalue weighted by Crippen LogP contribution is -2.12. The first-order valence-corrected chi connectivity index (χ1v) is 6.00. The summed E-state index contributed by atoms with van der Waals surface area (Å²) in [5, 5.41) is 0. The van der Waals surface area contributed by atoms with Crippen LogP contribution in [0.5, 0.6) is 5.88 Å². The van der Waals surface area contributed by atoms with Gasteiger partial charge in [0.2, 0.25) is 5.88 Å². The standard InChI is InChI=1S/C14H16FN3O/c1-3-19-14-12(16)8-9-13(17-14)18(2)11-6-4-10(15)5-7-11/h4-9H,3,16H2,1-2H3. The Hall–Kier alpha value is -2.30. The number of nitrogens with zero attached hydrogens (tertiary/aromatic N) is 2. The van der Waals surface area contributed by atoms with E-state index in [0.717, 1.165) is 5.69 Å². The van der Waals surface area contributed by atoms with Crippen molar-refractivity contribution in [3.8, 4) is 5.88 Å². The SMILES string of the molecule is CCOc1nc(N(C)c2ccc(F)cc2)ccc1N. The van der Waals surface area contributed by atoms with E-state index in [9.17, 15) is 4.39 Å². The zero-order valence-corrected chi connectivity index (χ0v) is 10.9. The van der Waals surface area contributed by atoms with Crippen molar-refractivity contribution in [1.82, 2.24) is 4.98 Å². The molecule has 0 amide bonds. The molecule has 0 atom stereocenters. The maximum atomic E-state index is 12.9. The topological polar surface area (TPSA) is 51.4 Å². The molecule has 5 heteroatoms. The van der Waals surface area contributed by atoms with Crippen LogP contribution in [0.3, 0.4) is 0 Å². The van der Waals surface area contributed by atoms with Crippen molar-refractivity contribution >= 4 is 17.2 Å². The molecule has 100 valence electrons. The number of nitrogen functional groups attached to an aromatic ring is 1. The minimum absolute atomic E-state index is 0.266. The minimum Gasteiger partial charge on any atom is -0.476 e. The van der Waals surface area contributed by atoms with E-state index < -0.39 is 0 Å². The van der Waals surface area contributed by atoms with Gasteiger partial charge in [-0.3, -0.25) is 0 Å². The Morgan fingerprint density at radius 3 is 2.53 bits per heavy atom. The molecule has 2 aromatic rings. The van der Waals surface area contributed by atoms with Gasteiger partial charge in [0.15, 0.2) is 0 Å². The summed E-state index contributed by atoms with van der Waals surface area (Å²) in [6, 6.07) is 9.73. The molecule has 0 bridgehead atoms. The highest BCUT2D eigenvalue weighted by Gasteiger charge is 2.09. The maximum Gasteiger partial charge on any atom is 0.239 e. The van der Waals surface area contributed by atoms with E-state index in [1.807, 2.05) is 18.9 Å². The Kier molecular flexibility index (Phi) is 3.85. The van der Waals surface area contributed by atoms with Crippen molar-refractivity contribution in [1.29, 1.82) is 0 Å². The molecule has 0 aliphatic carbocycles. The number of hydrogen-bond donors (Lipinski definition) is 1. The molecule has 0 unspecified atom stereocenters. The summed E-state index contributed by atoms with van der Waals surface area (Å²) in [7, 11) is 1.85. The molecule has 0 saturated heterocycles. The molecule has 2 N–H and O–H groups in total. The number of nitrogens with two attached hydrogens (primary N) is 1. The molecule has 0 spiro atoms. The quantitative estimate of drug-likeness (QED) is 0.919. The average Bonchev–Trinajstić information content (AvgIpc) is 2.41. The molecule has 1 aromatic carbocycles. The van der Waals surface area contributed by atoms with Crippen LogP contribution in [-0.4, -0.2) is 18.6 Å². The number of ether oxygens (including phenoxy) is 1. The Balaban J connectivity index is 2.30. The fraction of sp³-hybridized carbons (Fsp3) is 0.214. The summed E-state index contributed by atoms with van der Waals surface area (Å²) in [6.45, 7) is 2.37. The van der Waals surface area contributed by atoms with Crippen molar-refractivity contribution in [3.63, 3.8) is 0 Å². The van der Waals surface area contributed by atoms with E-state index in [-0.39, 0.29) is 5.82 Å². The summed E-state index contributed by atoms with van der Waals surface area (Å²) in [5.74, 6) is 0.829. The summed E-state index contributed by atoms with van der Waals surface area (Å²) in [5.41, 5.74) is 7.11. The fourth-order valence-corrected chi connectivity index (χ4v) is 1.68. The molecule has 0 radical (unpaired) electrons. The van der Waals surface area contributed by atoms with E-state index in [1.54, 1.807) is 24.3 Å². The number of hydrogen-bond acceptors (Lipinski definition) is 4. The Morgan fingerprint density at radius 1 is 1.21 bits per heavy atom. The van der Waals surface area contributed by atoms with Crippen LogP contribution in [-0.2, 0) is 0 Å². The molecule has 2 rings (SSSR count). The van der Waals surface area contributed by atoms with Gasteiger partial charge in [-0.2, -0.15) is 4.98 Å². The molecule has 1 heterocycles. The fourth-order valence-electron chi connectivity index (χ4n) is 1.68. The number of anilines is 3. The Bertz CT molecular complexity index is 557. The van der Waals surface area contributed by atoms with Gasteiger partial charge in [-0.05, 0) is 43.3 Å². The molecule has 0 saturated carbocycles. The third kappa shape index (κ3) is 2.93. The lowest BCUT2D eigenvalue weighted by molar-refractivity contribution is 0.329. The zero-order valence-electron chi connectivity index (χ0n) is 10.9. The van der Waals surface area contributed by atoms with Gasteiger partial charge in [-0.1, -0.05) is 0 Å². The Morgan fingerprint density at radius 2 is 1.89 bits per heavy atom. The number of benzene rings is 1. The summed E-state index contributed by atoms with van der Waals surface area (Å²) in [6.07, 6.45) is 0. The smallest absolute Gasteiger partial charge is 0.239 e. The van der Waals surface area contributed by atoms with E-state index in [4.69, 9.17) is 10.5 Å². The highest BCUT2D eigenvalue weighted by atomic mass is 19.1. The van der Waals surface area contributed by atoms with Crippen molar-refractivity contribution in [2.45, 2.75) is 6.92 Å². The normalized spacial score (nSPS) is 10.3. The van der Waals surface area contributed by atoms with Crippen molar-refractivity contribution in [2.75, 3.05) is 24.3 Å². The van der Waals surface area contributed by atoms with Gasteiger partial charge in [-0.15, -0.1) is 0 Å². The van der Waals surface area contributed by atoms with Gasteiger partial charge in [0.25, 0.3) is 0 Å². The van der Waals surface area contributed by atoms with E-state index in [1.165, 1.54) is 12.1 Å². The number of halogens is 1. The zero-order chi connectivity index (χ0) is 13.8. The predicted octanol–water partition coefficient (Wildman–Crippen LogP) is 2.97. The molecular formula is C14H16FN3O. The molecule has 0 fully saturated rings. The van der Waals surface area contributed by atoms with Gasteiger partial charge >= 0.3 is 0 Å². The summed E-state index contributed by atoms with van der Waals surface area (Å²) < 4.78 is 18.3. The third-order valence-corrected chi connectivity index (χ3v) is 2.71. The molecule has 19 heavy (non-hydrogen) atoms. The highest BCUT2D eigenvalue weighted by molar-refractivity contribution is 5.62. The molecule has 0 aliphatic heterocycles. The average molecular weight is 261 g/mol. The molecule has 4 nitrogen and oxygen atoms in total. The first-order chi connectivity index (χ1) is 9.11. The first-order valence-electron chi connectivity index (χ1n) is 6.00. The molecule has 1 aromatic heterocycles. The van der Waals surface area contributed by atoms with E-state index in [2.05, 4.69) is 4.98 Å². The van der Waals surface area contributed by atoms with Crippen LogP contribution < -0.4 is 15.4 Å². The maximum absolute atomic E-state index is 12.9. The van der Waals surface area contributed by atoms with E-state index >= 15 is 0 Å². The van der Waals surface area contributed by atoms with Crippen LogP contribution in [0.25, 0.3) is 0 Å². The van der Waals surface area contributed by atoms with Crippen LogP contribution in [0.4, 0.5) is 21.6 Å². The van der Waals surface area contributed by atoms with Crippen molar-refractivity contribution in [2.24, 2.45) is 0 Å². The predicted molar refractivity (Wildman–Crippen MR) is 74.3 cm³/mol. The van der Waals surface area contributed by atoms with Crippen molar-refractivity contribution in [3.05, 3.63) is 42.2 Å². The van der Waals surface area contributed by atoms with E-state index in [0.29, 0.717) is 24.0 Å². The first kappa shape index (κ1) is 13.1. The number of pyridine rings is 1. The lowest BCUT2D eigenvalue weighted by Gasteiger charge is -2.19. The number of aromatic nitrogens is 1. The van der Waals surface area contributed by atoms with Gasteiger partial charge < -0.3 is 15.4 Å². The lowest BCUT2D eigenvalue weighted by atomic mass is 10.3. The molecule has 0 aliphatic rings. The second kappa shape index (κ2) is 5.56. The summed E-state index contributed by atoms with van der Waals surface area (Å²) in [4.78, 5) is 6.18. The minimum atomic E-state index is -0.266. The second-order valence-corrected chi connectivity index (χ2v) is 4.03.